The van der Waals surface area contributed by atoms with E-state index in [2.05, 4.69) is 6.92 Å². The lowest BCUT2D eigenvalue weighted by Gasteiger charge is -2.53. The Bertz CT molecular complexity index is 1070. The van der Waals surface area contributed by atoms with Gasteiger partial charge in [-0.2, -0.15) is 0 Å². The van der Waals surface area contributed by atoms with Crippen molar-refractivity contribution >= 4 is 17.7 Å². The first-order valence-electron chi connectivity index (χ1n) is 14.8. The molecule has 3 amide bonds. The van der Waals surface area contributed by atoms with Crippen molar-refractivity contribution in [2.24, 2.45) is 17.3 Å². The maximum Gasteiger partial charge on any atom is 0.254 e. The van der Waals surface area contributed by atoms with Crippen LogP contribution in [-0.2, 0) is 11.3 Å². The van der Waals surface area contributed by atoms with Crippen molar-refractivity contribution in [1.82, 2.24) is 14.7 Å². The molecule has 2 aliphatic heterocycles. The lowest BCUT2D eigenvalue weighted by molar-refractivity contribution is -0.163. The van der Waals surface area contributed by atoms with Gasteiger partial charge in [0, 0.05) is 56.2 Å². The van der Waals surface area contributed by atoms with E-state index in [0.717, 1.165) is 37.7 Å². The van der Waals surface area contributed by atoms with Crippen LogP contribution >= 0.6 is 0 Å². The van der Waals surface area contributed by atoms with Gasteiger partial charge in [0.1, 0.15) is 0 Å². The molecule has 0 radical (unpaired) electrons. The van der Waals surface area contributed by atoms with E-state index in [0.29, 0.717) is 43.1 Å². The van der Waals surface area contributed by atoms with Crippen molar-refractivity contribution in [2.45, 2.75) is 89.7 Å². The maximum atomic E-state index is 13.6. The predicted molar refractivity (Wildman–Crippen MR) is 147 cm³/mol. The summed E-state index contributed by atoms with van der Waals surface area (Å²) in [7, 11) is 3.43. The van der Waals surface area contributed by atoms with Gasteiger partial charge in [0.05, 0.1) is 12.1 Å². The van der Waals surface area contributed by atoms with Gasteiger partial charge in [0.15, 0.2) is 0 Å². The largest absolute Gasteiger partial charge is 0.387 e. The Balaban J connectivity index is 1.31. The number of hydrogen-bond acceptors (Lipinski definition) is 4. The van der Waals surface area contributed by atoms with Gasteiger partial charge in [-0.15, -0.1) is 0 Å². The number of fused-ring (bicyclic) bond motifs is 1. The number of amides is 3. The summed E-state index contributed by atoms with van der Waals surface area (Å²) in [5.41, 5.74) is 0.438. The molecule has 38 heavy (non-hydrogen) atoms. The highest BCUT2D eigenvalue weighted by atomic mass is 16.3. The zero-order valence-corrected chi connectivity index (χ0v) is 23.5. The van der Waals surface area contributed by atoms with Gasteiger partial charge in [-0.1, -0.05) is 57.9 Å². The second-order valence-corrected chi connectivity index (χ2v) is 12.9. The Hall–Kier alpha value is -2.41. The van der Waals surface area contributed by atoms with Crippen LogP contribution in [0.25, 0.3) is 0 Å². The van der Waals surface area contributed by atoms with Crippen LogP contribution < -0.4 is 0 Å². The average Bonchev–Trinajstić information content (AvgIpc) is 3.51. The third kappa shape index (κ3) is 4.87. The maximum absolute atomic E-state index is 13.6. The normalized spacial score (nSPS) is 26.1. The molecule has 1 aromatic carbocycles. The molecular weight excluding hydrogens is 478 g/mol. The molecule has 2 atom stereocenters. The number of piperidine rings is 1. The quantitative estimate of drug-likeness (QED) is 0.596. The molecule has 4 aliphatic rings. The Morgan fingerprint density at radius 3 is 2.47 bits per heavy atom. The smallest absolute Gasteiger partial charge is 0.254 e. The van der Waals surface area contributed by atoms with Crippen LogP contribution in [-0.4, -0.2) is 76.9 Å². The highest BCUT2D eigenvalue weighted by molar-refractivity contribution is 6.04. The van der Waals surface area contributed by atoms with Gasteiger partial charge in [-0.25, -0.2) is 0 Å². The summed E-state index contributed by atoms with van der Waals surface area (Å²) in [6, 6.07) is 5.33. The van der Waals surface area contributed by atoms with Crippen molar-refractivity contribution in [3.8, 4) is 0 Å². The average molecular weight is 524 g/mol. The first-order chi connectivity index (χ1) is 18.1. The minimum Gasteiger partial charge on any atom is -0.387 e. The van der Waals surface area contributed by atoms with Crippen LogP contribution in [0.3, 0.4) is 0 Å². The molecule has 1 N–H and O–H groups in total. The number of benzene rings is 1. The Morgan fingerprint density at radius 1 is 1.08 bits per heavy atom. The SMILES string of the molecule is C[C@H](CC1CCCCC1)C(=O)N1CC[C@@](O)(CN2Cc3c(C(=O)N(C)C)cccc3C2=O)C2(CCCC2)C1. The summed E-state index contributed by atoms with van der Waals surface area (Å²) < 4.78 is 0. The van der Waals surface area contributed by atoms with Crippen molar-refractivity contribution < 1.29 is 19.5 Å². The molecule has 2 saturated carbocycles. The summed E-state index contributed by atoms with van der Waals surface area (Å²) >= 11 is 0. The molecule has 0 aromatic heterocycles. The van der Waals surface area contributed by atoms with Crippen LogP contribution in [0.2, 0.25) is 0 Å². The molecule has 1 saturated heterocycles. The van der Waals surface area contributed by atoms with Crippen LogP contribution in [0.4, 0.5) is 0 Å². The van der Waals surface area contributed by atoms with Crippen LogP contribution in [0, 0.1) is 17.3 Å². The summed E-state index contributed by atoms with van der Waals surface area (Å²) in [4.78, 5) is 45.1. The number of aliphatic hydroxyl groups is 1. The van der Waals surface area contributed by atoms with Gasteiger partial charge in [0.2, 0.25) is 5.91 Å². The highest BCUT2D eigenvalue weighted by Crippen LogP contribution is 2.52. The fourth-order valence-corrected chi connectivity index (χ4v) is 7.90. The number of hydrogen-bond donors (Lipinski definition) is 1. The second kappa shape index (κ2) is 10.6. The predicted octanol–water partition coefficient (Wildman–Crippen LogP) is 4.47. The number of likely N-dealkylation sites (tertiary alicyclic amines) is 1. The third-order valence-electron chi connectivity index (χ3n) is 10.1. The number of rotatable bonds is 6. The van der Waals surface area contributed by atoms with Crippen molar-refractivity contribution in [3.05, 3.63) is 34.9 Å². The van der Waals surface area contributed by atoms with Crippen molar-refractivity contribution in [2.75, 3.05) is 33.7 Å². The molecule has 1 aromatic rings. The minimum atomic E-state index is -1.05. The summed E-state index contributed by atoms with van der Waals surface area (Å²) in [6.45, 7) is 3.78. The molecule has 7 heteroatoms. The molecule has 0 unspecified atom stereocenters. The summed E-state index contributed by atoms with van der Waals surface area (Å²) in [5.74, 6) is 0.689. The van der Waals surface area contributed by atoms with Crippen molar-refractivity contribution in [1.29, 1.82) is 0 Å². The molecule has 208 valence electrons. The molecule has 5 rings (SSSR count). The highest BCUT2D eigenvalue weighted by Gasteiger charge is 2.57. The van der Waals surface area contributed by atoms with E-state index in [1.54, 1.807) is 37.2 Å². The zero-order valence-electron chi connectivity index (χ0n) is 23.5. The van der Waals surface area contributed by atoms with Gasteiger partial charge < -0.3 is 19.8 Å². The van der Waals surface area contributed by atoms with E-state index in [4.69, 9.17) is 0 Å². The minimum absolute atomic E-state index is 0.0186. The second-order valence-electron chi connectivity index (χ2n) is 12.9. The Morgan fingerprint density at radius 2 is 1.79 bits per heavy atom. The van der Waals surface area contributed by atoms with Gasteiger partial charge in [-0.3, -0.25) is 14.4 Å². The van der Waals surface area contributed by atoms with E-state index in [1.807, 2.05) is 4.90 Å². The van der Waals surface area contributed by atoms with Crippen molar-refractivity contribution in [3.63, 3.8) is 0 Å². The molecule has 1 spiro atoms. The zero-order chi connectivity index (χ0) is 27.1. The number of β-amino-alcohol motifs (C(OH)–C–C–N with tert-alkyl or cyclic N) is 1. The lowest BCUT2D eigenvalue weighted by Crippen LogP contribution is -2.64. The van der Waals surface area contributed by atoms with E-state index in [1.165, 1.54) is 37.0 Å². The standard InChI is InChI=1S/C31H45N3O4/c1-22(18-23-10-5-4-6-11-23)27(35)33-17-16-31(38,30(20-33)14-7-8-15-30)21-34-19-26-24(28(36)32(2)3)12-9-13-25(26)29(34)37/h9,12-13,22-23,38H,4-8,10-11,14-21H2,1-3H3/t22-,31-/m1/s1. The molecule has 0 bridgehead atoms. The Kier molecular flexibility index (Phi) is 7.60. The summed E-state index contributed by atoms with van der Waals surface area (Å²) in [6.07, 6.45) is 11.7. The van der Waals surface area contributed by atoms with Crippen LogP contribution in [0.15, 0.2) is 18.2 Å². The number of carbonyl (C=O) groups excluding carboxylic acids is 3. The number of carbonyl (C=O) groups is 3. The number of nitrogens with zero attached hydrogens (tertiary/aromatic N) is 3. The molecular formula is C31H45N3O4. The lowest BCUT2D eigenvalue weighted by atomic mass is 9.65. The first kappa shape index (κ1) is 27.2. The van der Waals surface area contributed by atoms with Gasteiger partial charge >= 0.3 is 0 Å². The molecule has 2 heterocycles. The third-order valence-corrected chi connectivity index (χ3v) is 10.1. The van der Waals surface area contributed by atoms with E-state index in [-0.39, 0.29) is 35.6 Å². The van der Waals surface area contributed by atoms with Gasteiger partial charge in [0.25, 0.3) is 11.8 Å². The topological polar surface area (TPSA) is 81.2 Å². The molecule has 7 nitrogen and oxygen atoms in total. The monoisotopic (exact) mass is 523 g/mol. The molecule has 3 fully saturated rings. The van der Waals surface area contributed by atoms with Gasteiger partial charge in [-0.05, 0) is 49.3 Å². The fraction of sp³-hybridized carbons (Fsp3) is 0.710. The summed E-state index contributed by atoms with van der Waals surface area (Å²) in [5, 5.41) is 12.2. The van der Waals surface area contributed by atoms with Crippen LogP contribution in [0.5, 0.6) is 0 Å². The Labute approximate surface area is 227 Å². The van der Waals surface area contributed by atoms with E-state index < -0.39 is 5.60 Å². The van der Waals surface area contributed by atoms with E-state index >= 15 is 0 Å². The van der Waals surface area contributed by atoms with E-state index in [9.17, 15) is 19.5 Å². The first-order valence-corrected chi connectivity index (χ1v) is 14.8. The van der Waals surface area contributed by atoms with Crippen LogP contribution in [0.1, 0.15) is 104 Å². The molecule has 2 aliphatic carbocycles. The fourth-order valence-electron chi connectivity index (χ4n) is 7.90.